The Labute approximate surface area is 181 Å². The second-order valence-electron chi connectivity index (χ2n) is 7.84. The molecule has 0 spiro atoms. The van der Waals surface area contributed by atoms with Gasteiger partial charge in [0.15, 0.2) is 0 Å². The summed E-state index contributed by atoms with van der Waals surface area (Å²) in [5.41, 5.74) is 0.508. The molecule has 31 heavy (non-hydrogen) atoms. The third kappa shape index (κ3) is 7.65. The van der Waals surface area contributed by atoms with E-state index in [9.17, 15) is 19.5 Å². The normalized spacial score (nSPS) is 11.9. The van der Waals surface area contributed by atoms with Gasteiger partial charge in [-0.1, -0.05) is 36.4 Å². The summed E-state index contributed by atoms with van der Waals surface area (Å²) in [5, 5.41) is 12.4. The van der Waals surface area contributed by atoms with Gasteiger partial charge in [0.25, 0.3) is 0 Å². The molecule has 2 rings (SSSR count). The van der Waals surface area contributed by atoms with Crippen molar-refractivity contribution < 1.29 is 33.7 Å². The lowest BCUT2D eigenvalue weighted by Gasteiger charge is -2.23. The van der Waals surface area contributed by atoms with E-state index in [1.54, 1.807) is 20.8 Å². The van der Waals surface area contributed by atoms with E-state index in [4.69, 9.17) is 9.47 Å². The van der Waals surface area contributed by atoms with E-state index in [2.05, 4.69) is 10.1 Å². The number of phenols is 1. The minimum atomic E-state index is -1.08. The third-order valence-corrected chi connectivity index (χ3v) is 4.11. The van der Waals surface area contributed by atoms with Crippen molar-refractivity contribution in [2.75, 3.05) is 7.11 Å². The summed E-state index contributed by atoms with van der Waals surface area (Å²) in [4.78, 5) is 36.8. The number of benzene rings is 2. The Morgan fingerprint density at radius 1 is 1.03 bits per heavy atom. The Hall–Kier alpha value is -3.55. The van der Waals surface area contributed by atoms with Crippen LogP contribution in [0.4, 0.5) is 4.79 Å². The van der Waals surface area contributed by atoms with Gasteiger partial charge in [0.05, 0.1) is 7.11 Å². The highest BCUT2D eigenvalue weighted by Crippen LogP contribution is 2.21. The summed E-state index contributed by atoms with van der Waals surface area (Å²) >= 11 is 0. The first-order valence-corrected chi connectivity index (χ1v) is 9.69. The maximum absolute atomic E-state index is 12.7. The van der Waals surface area contributed by atoms with Gasteiger partial charge < -0.3 is 24.6 Å². The molecule has 0 unspecified atom stereocenters. The molecule has 0 aliphatic carbocycles. The molecule has 8 nitrogen and oxygen atoms in total. The number of esters is 2. The molecule has 0 bridgehead atoms. The molecule has 8 heteroatoms. The molecule has 0 aliphatic rings. The quantitative estimate of drug-likeness (QED) is 0.513. The standard InChI is InChI=1S/C23H27NO7/c1-23(2,3)31-22(28)24-18(21(27)30-14-15-8-6-5-7-9-15)13-16-10-11-19(25)17(12-16)20(26)29-4/h5-12,18,25H,13-14H2,1-4H3,(H,24,28)/t18-/m0/s1. The van der Waals surface area contributed by atoms with Crippen LogP contribution in [-0.4, -0.2) is 41.9 Å². The number of phenolic OH excluding ortho intramolecular Hbond substituents is 1. The second-order valence-corrected chi connectivity index (χ2v) is 7.84. The molecule has 0 heterocycles. The summed E-state index contributed by atoms with van der Waals surface area (Å²) in [6.07, 6.45) is -0.766. The van der Waals surface area contributed by atoms with Gasteiger partial charge >= 0.3 is 18.0 Å². The number of carbonyl (C=O) groups excluding carboxylic acids is 3. The molecule has 0 saturated heterocycles. The van der Waals surface area contributed by atoms with Gasteiger partial charge in [0, 0.05) is 6.42 Å². The topological polar surface area (TPSA) is 111 Å². The minimum Gasteiger partial charge on any atom is -0.507 e. The van der Waals surface area contributed by atoms with Crippen LogP contribution in [0.3, 0.4) is 0 Å². The molecule has 1 atom stereocenters. The van der Waals surface area contributed by atoms with Gasteiger partial charge in [-0.25, -0.2) is 14.4 Å². The monoisotopic (exact) mass is 429 g/mol. The molecule has 0 radical (unpaired) electrons. The number of aromatic hydroxyl groups is 1. The van der Waals surface area contributed by atoms with Crippen LogP contribution in [-0.2, 0) is 32.0 Å². The predicted molar refractivity (Wildman–Crippen MR) is 113 cm³/mol. The summed E-state index contributed by atoms with van der Waals surface area (Å²) < 4.78 is 15.3. The van der Waals surface area contributed by atoms with Crippen LogP contribution in [0.15, 0.2) is 48.5 Å². The van der Waals surface area contributed by atoms with E-state index >= 15 is 0 Å². The number of rotatable bonds is 7. The number of methoxy groups -OCH3 is 1. The number of nitrogens with one attached hydrogen (secondary N) is 1. The lowest BCUT2D eigenvalue weighted by molar-refractivity contribution is -0.147. The smallest absolute Gasteiger partial charge is 0.408 e. The molecule has 0 aromatic heterocycles. The van der Waals surface area contributed by atoms with Gasteiger partial charge in [0.1, 0.15) is 29.6 Å². The summed E-state index contributed by atoms with van der Waals surface area (Å²) in [7, 11) is 1.20. The fraction of sp³-hybridized carbons (Fsp3) is 0.348. The minimum absolute atomic E-state index is 0.0111. The fourth-order valence-corrected chi connectivity index (χ4v) is 2.69. The van der Waals surface area contributed by atoms with E-state index in [1.807, 2.05) is 30.3 Å². The zero-order valence-corrected chi connectivity index (χ0v) is 18.0. The summed E-state index contributed by atoms with van der Waals surface area (Å²) in [6, 6.07) is 12.3. The Morgan fingerprint density at radius 2 is 1.71 bits per heavy atom. The molecular weight excluding hydrogens is 402 g/mol. The van der Waals surface area contributed by atoms with E-state index in [0.717, 1.165) is 5.56 Å². The average Bonchev–Trinajstić information content (AvgIpc) is 2.71. The van der Waals surface area contributed by atoms with Crippen molar-refractivity contribution in [3.63, 3.8) is 0 Å². The fourth-order valence-electron chi connectivity index (χ4n) is 2.69. The van der Waals surface area contributed by atoms with Crippen molar-refractivity contribution in [3.05, 3.63) is 65.2 Å². The third-order valence-electron chi connectivity index (χ3n) is 4.11. The molecule has 2 aromatic rings. The number of hydrogen-bond acceptors (Lipinski definition) is 7. The van der Waals surface area contributed by atoms with Crippen molar-refractivity contribution in [2.45, 2.75) is 45.4 Å². The Bertz CT molecular complexity index is 919. The van der Waals surface area contributed by atoms with Crippen molar-refractivity contribution in [1.82, 2.24) is 5.32 Å². The van der Waals surface area contributed by atoms with Gasteiger partial charge in [0.2, 0.25) is 0 Å². The SMILES string of the molecule is COC(=O)c1cc(C[C@H](NC(=O)OC(C)(C)C)C(=O)OCc2ccccc2)ccc1O. The highest BCUT2D eigenvalue weighted by Gasteiger charge is 2.26. The zero-order valence-electron chi connectivity index (χ0n) is 18.0. The van der Waals surface area contributed by atoms with Crippen molar-refractivity contribution in [2.24, 2.45) is 0 Å². The highest BCUT2D eigenvalue weighted by atomic mass is 16.6. The molecular formula is C23H27NO7. The summed E-state index contributed by atoms with van der Waals surface area (Å²) in [6.45, 7) is 5.16. The average molecular weight is 429 g/mol. The van der Waals surface area contributed by atoms with E-state index in [1.165, 1.54) is 25.3 Å². The van der Waals surface area contributed by atoms with Gasteiger partial charge in [-0.3, -0.25) is 0 Å². The van der Waals surface area contributed by atoms with Crippen molar-refractivity contribution in [3.8, 4) is 5.75 Å². The Balaban J connectivity index is 2.19. The zero-order chi connectivity index (χ0) is 23.0. The maximum Gasteiger partial charge on any atom is 0.408 e. The predicted octanol–water partition coefficient (Wildman–Crippen LogP) is 3.36. The first-order valence-electron chi connectivity index (χ1n) is 9.69. The van der Waals surface area contributed by atoms with Crippen LogP contribution in [0.1, 0.15) is 42.3 Å². The first-order chi connectivity index (χ1) is 14.6. The number of hydrogen-bond donors (Lipinski definition) is 2. The number of amides is 1. The molecule has 1 amide bonds. The molecule has 166 valence electrons. The number of carbonyl (C=O) groups is 3. The molecule has 0 aliphatic heterocycles. The van der Waals surface area contributed by atoms with Crippen LogP contribution in [0.2, 0.25) is 0 Å². The first kappa shape index (κ1) is 23.7. The highest BCUT2D eigenvalue weighted by molar-refractivity contribution is 5.92. The lowest BCUT2D eigenvalue weighted by Crippen LogP contribution is -2.45. The largest absolute Gasteiger partial charge is 0.507 e. The van der Waals surface area contributed by atoms with Crippen LogP contribution in [0.5, 0.6) is 5.75 Å². The molecule has 2 aromatic carbocycles. The van der Waals surface area contributed by atoms with Gasteiger partial charge in [-0.2, -0.15) is 0 Å². The van der Waals surface area contributed by atoms with Crippen LogP contribution in [0.25, 0.3) is 0 Å². The summed E-state index contributed by atoms with van der Waals surface area (Å²) in [5.74, 6) is -1.64. The Kier molecular flexibility index (Phi) is 8.01. The van der Waals surface area contributed by atoms with Gasteiger partial charge in [-0.05, 0) is 44.0 Å². The van der Waals surface area contributed by atoms with Crippen LogP contribution in [0, 0.1) is 0 Å². The maximum atomic E-state index is 12.7. The molecule has 2 N–H and O–H groups in total. The lowest BCUT2D eigenvalue weighted by atomic mass is 10.0. The molecule has 0 fully saturated rings. The Morgan fingerprint density at radius 3 is 2.32 bits per heavy atom. The van der Waals surface area contributed by atoms with E-state index in [0.29, 0.717) is 5.56 Å². The van der Waals surface area contributed by atoms with E-state index < -0.39 is 29.7 Å². The molecule has 0 saturated carbocycles. The van der Waals surface area contributed by atoms with Gasteiger partial charge in [-0.15, -0.1) is 0 Å². The van der Waals surface area contributed by atoms with Crippen LogP contribution >= 0.6 is 0 Å². The van der Waals surface area contributed by atoms with E-state index in [-0.39, 0.29) is 24.3 Å². The van der Waals surface area contributed by atoms with Crippen molar-refractivity contribution in [1.29, 1.82) is 0 Å². The number of alkyl carbamates (subject to hydrolysis) is 1. The van der Waals surface area contributed by atoms with Crippen LogP contribution < -0.4 is 5.32 Å². The number of ether oxygens (including phenoxy) is 3. The second kappa shape index (κ2) is 10.5. The van der Waals surface area contributed by atoms with Crippen molar-refractivity contribution >= 4 is 18.0 Å².